The molecule has 0 aliphatic carbocycles. The number of hydrogen-bond donors (Lipinski definition) is 2. The van der Waals surface area contributed by atoms with E-state index in [2.05, 4.69) is 15.5 Å². The molecule has 0 radical (unpaired) electrons. The summed E-state index contributed by atoms with van der Waals surface area (Å²) >= 11 is 0. The number of likely N-dealkylation sites (tertiary alicyclic amines) is 1. The Morgan fingerprint density at radius 2 is 1.93 bits per heavy atom. The summed E-state index contributed by atoms with van der Waals surface area (Å²) in [4.78, 5) is 28.7. The summed E-state index contributed by atoms with van der Waals surface area (Å²) in [5.74, 6) is 1.35. The van der Waals surface area contributed by atoms with Crippen LogP contribution in [0.2, 0.25) is 0 Å². The smallest absolute Gasteiger partial charge is 0.315 e. The molecule has 1 aromatic rings. The highest BCUT2D eigenvalue weighted by atomic mass is 16.6. The van der Waals surface area contributed by atoms with Gasteiger partial charge in [0, 0.05) is 31.3 Å². The minimum Gasteiger partial charge on any atom is -0.486 e. The molecule has 2 N–H and O–H groups in total. The minimum absolute atomic E-state index is 0.00369. The van der Waals surface area contributed by atoms with Crippen molar-refractivity contribution in [3.8, 4) is 11.5 Å². The fourth-order valence-electron chi connectivity index (χ4n) is 4.00. The molecule has 3 heterocycles. The van der Waals surface area contributed by atoms with Crippen molar-refractivity contribution in [2.24, 2.45) is 0 Å². The second-order valence-corrected chi connectivity index (χ2v) is 7.54. The second-order valence-electron chi connectivity index (χ2n) is 7.54. The quantitative estimate of drug-likeness (QED) is 0.719. The van der Waals surface area contributed by atoms with Gasteiger partial charge in [-0.2, -0.15) is 0 Å². The fourth-order valence-corrected chi connectivity index (χ4v) is 4.00. The highest BCUT2D eigenvalue weighted by Crippen LogP contribution is 2.35. The van der Waals surface area contributed by atoms with E-state index in [-0.39, 0.29) is 18.0 Å². The highest BCUT2D eigenvalue weighted by Gasteiger charge is 2.32. The molecular formula is C20H28N4O4. The standard InChI is InChI=1S/C20H28N4O4/c25-19-12-15(22-20(26)21-6-3-9-23-7-1-2-8-23)14-24(19)16-4-5-17-18(13-16)28-11-10-27-17/h4-5,13,15H,1-3,6-12,14H2,(H2,21,22,26). The molecule has 2 saturated heterocycles. The Kier molecular flexibility index (Phi) is 5.85. The van der Waals surface area contributed by atoms with Crippen molar-refractivity contribution in [3.05, 3.63) is 18.2 Å². The Morgan fingerprint density at radius 3 is 2.75 bits per heavy atom. The molecule has 2 fully saturated rings. The van der Waals surface area contributed by atoms with Crippen LogP contribution in [0.4, 0.5) is 10.5 Å². The number of benzene rings is 1. The van der Waals surface area contributed by atoms with Crippen molar-refractivity contribution in [2.75, 3.05) is 50.8 Å². The molecule has 3 aliphatic rings. The summed E-state index contributed by atoms with van der Waals surface area (Å²) in [5.41, 5.74) is 0.768. The summed E-state index contributed by atoms with van der Waals surface area (Å²) in [6, 6.07) is 5.10. The Labute approximate surface area is 165 Å². The van der Waals surface area contributed by atoms with Crippen LogP contribution < -0.4 is 25.0 Å². The Balaban J connectivity index is 1.23. The lowest BCUT2D eigenvalue weighted by molar-refractivity contribution is -0.117. The van der Waals surface area contributed by atoms with Gasteiger partial charge in [-0.15, -0.1) is 0 Å². The third-order valence-corrected chi connectivity index (χ3v) is 5.43. The summed E-state index contributed by atoms with van der Waals surface area (Å²) in [6.45, 7) is 5.52. The van der Waals surface area contributed by atoms with Crippen LogP contribution in [0.25, 0.3) is 0 Å². The normalized spacial score (nSPS) is 21.8. The van der Waals surface area contributed by atoms with Gasteiger partial charge in [0.05, 0.1) is 6.04 Å². The maximum atomic E-state index is 12.4. The molecule has 8 heteroatoms. The molecule has 0 aromatic heterocycles. The summed E-state index contributed by atoms with van der Waals surface area (Å²) in [5, 5.41) is 5.82. The number of urea groups is 1. The molecule has 0 spiro atoms. The van der Waals surface area contributed by atoms with Gasteiger partial charge in [-0.25, -0.2) is 4.79 Å². The van der Waals surface area contributed by atoms with Gasteiger partial charge in [-0.05, 0) is 51.0 Å². The van der Waals surface area contributed by atoms with Crippen LogP contribution in [0.15, 0.2) is 18.2 Å². The van der Waals surface area contributed by atoms with Gasteiger partial charge in [-0.3, -0.25) is 4.79 Å². The monoisotopic (exact) mass is 388 g/mol. The first-order valence-electron chi connectivity index (χ1n) is 10.2. The van der Waals surface area contributed by atoms with E-state index in [0.29, 0.717) is 44.2 Å². The maximum absolute atomic E-state index is 12.4. The molecular weight excluding hydrogens is 360 g/mol. The van der Waals surface area contributed by atoms with E-state index in [9.17, 15) is 9.59 Å². The van der Waals surface area contributed by atoms with Gasteiger partial charge in [0.2, 0.25) is 5.91 Å². The van der Waals surface area contributed by atoms with Gasteiger partial charge in [0.25, 0.3) is 0 Å². The number of amides is 3. The van der Waals surface area contributed by atoms with Crippen LogP contribution in [-0.4, -0.2) is 68.8 Å². The predicted octanol–water partition coefficient (Wildman–Crippen LogP) is 1.35. The SMILES string of the molecule is O=C(NCCCN1CCCC1)NC1CC(=O)N(c2ccc3c(c2)OCCO3)C1. The highest BCUT2D eigenvalue weighted by molar-refractivity contribution is 5.97. The first-order chi connectivity index (χ1) is 13.7. The largest absolute Gasteiger partial charge is 0.486 e. The van der Waals surface area contributed by atoms with E-state index < -0.39 is 0 Å². The number of carbonyl (C=O) groups is 2. The number of ether oxygens (including phenoxy) is 2. The summed E-state index contributed by atoms with van der Waals surface area (Å²) < 4.78 is 11.1. The van der Waals surface area contributed by atoms with Crippen molar-refractivity contribution >= 4 is 17.6 Å². The van der Waals surface area contributed by atoms with E-state index >= 15 is 0 Å². The zero-order valence-electron chi connectivity index (χ0n) is 16.1. The third-order valence-electron chi connectivity index (χ3n) is 5.43. The molecule has 28 heavy (non-hydrogen) atoms. The molecule has 3 aliphatic heterocycles. The molecule has 1 unspecified atom stereocenters. The van der Waals surface area contributed by atoms with Crippen LogP contribution in [-0.2, 0) is 4.79 Å². The van der Waals surface area contributed by atoms with E-state index in [1.165, 1.54) is 25.9 Å². The van der Waals surface area contributed by atoms with Crippen LogP contribution in [0.3, 0.4) is 0 Å². The van der Waals surface area contributed by atoms with E-state index in [1.54, 1.807) is 4.90 Å². The van der Waals surface area contributed by atoms with Crippen molar-refractivity contribution in [2.45, 2.75) is 31.7 Å². The Hall–Kier alpha value is -2.48. The van der Waals surface area contributed by atoms with Crippen molar-refractivity contribution < 1.29 is 19.1 Å². The van der Waals surface area contributed by atoms with Gasteiger partial charge in [0.15, 0.2) is 11.5 Å². The number of anilines is 1. The summed E-state index contributed by atoms with van der Waals surface area (Å²) in [6.07, 6.45) is 3.81. The molecule has 152 valence electrons. The summed E-state index contributed by atoms with van der Waals surface area (Å²) in [7, 11) is 0. The number of nitrogens with zero attached hydrogens (tertiary/aromatic N) is 2. The first-order valence-corrected chi connectivity index (χ1v) is 10.2. The molecule has 4 rings (SSSR count). The van der Waals surface area contributed by atoms with Crippen LogP contribution in [0, 0.1) is 0 Å². The van der Waals surface area contributed by atoms with Crippen molar-refractivity contribution in [3.63, 3.8) is 0 Å². The maximum Gasteiger partial charge on any atom is 0.315 e. The van der Waals surface area contributed by atoms with Crippen LogP contribution >= 0.6 is 0 Å². The van der Waals surface area contributed by atoms with Gasteiger partial charge < -0.3 is 29.9 Å². The van der Waals surface area contributed by atoms with Crippen LogP contribution in [0.1, 0.15) is 25.7 Å². The Bertz CT molecular complexity index is 720. The molecule has 3 amide bonds. The van der Waals surface area contributed by atoms with Gasteiger partial charge in [0.1, 0.15) is 13.2 Å². The van der Waals surface area contributed by atoms with Crippen LogP contribution in [0.5, 0.6) is 11.5 Å². The van der Waals surface area contributed by atoms with Crippen molar-refractivity contribution in [1.82, 2.24) is 15.5 Å². The molecule has 8 nitrogen and oxygen atoms in total. The molecule has 1 atom stereocenters. The average Bonchev–Trinajstić information content (AvgIpc) is 3.34. The third kappa shape index (κ3) is 4.49. The second kappa shape index (κ2) is 8.68. The average molecular weight is 388 g/mol. The van der Waals surface area contributed by atoms with Gasteiger partial charge >= 0.3 is 6.03 Å². The topological polar surface area (TPSA) is 83.1 Å². The number of nitrogens with one attached hydrogen (secondary N) is 2. The molecule has 1 aromatic carbocycles. The van der Waals surface area contributed by atoms with E-state index in [0.717, 1.165) is 18.7 Å². The first kappa shape index (κ1) is 18.9. The van der Waals surface area contributed by atoms with Gasteiger partial charge in [-0.1, -0.05) is 0 Å². The lowest BCUT2D eigenvalue weighted by Gasteiger charge is -2.22. The number of rotatable bonds is 6. The number of carbonyl (C=O) groups excluding carboxylic acids is 2. The lowest BCUT2D eigenvalue weighted by Crippen LogP contribution is -2.44. The minimum atomic E-state index is -0.205. The molecule has 0 bridgehead atoms. The fraction of sp³-hybridized carbons (Fsp3) is 0.600. The van der Waals surface area contributed by atoms with E-state index in [4.69, 9.17) is 9.47 Å². The van der Waals surface area contributed by atoms with Crippen molar-refractivity contribution in [1.29, 1.82) is 0 Å². The number of hydrogen-bond acceptors (Lipinski definition) is 5. The predicted molar refractivity (Wildman–Crippen MR) is 105 cm³/mol. The number of fused-ring (bicyclic) bond motifs is 1. The lowest BCUT2D eigenvalue weighted by atomic mass is 10.2. The Morgan fingerprint density at radius 1 is 1.14 bits per heavy atom. The molecule has 0 saturated carbocycles. The zero-order valence-corrected chi connectivity index (χ0v) is 16.1. The zero-order chi connectivity index (χ0) is 19.3. The van der Waals surface area contributed by atoms with E-state index in [1.807, 2.05) is 18.2 Å².